The second-order valence-corrected chi connectivity index (χ2v) is 9.59. The van der Waals surface area contributed by atoms with Crippen molar-refractivity contribution in [2.75, 3.05) is 26.7 Å². The van der Waals surface area contributed by atoms with Crippen LogP contribution < -0.4 is 0 Å². The summed E-state index contributed by atoms with van der Waals surface area (Å²) in [6, 6.07) is 9.24. The highest BCUT2D eigenvalue weighted by atomic mass is 15.2. The maximum Gasteiger partial charge on any atom is 0.127 e. The van der Waals surface area contributed by atoms with Crippen LogP contribution in [0.15, 0.2) is 54.2 Å². The van der Waals surface area contributed by atoms with Gasteiger partial charge in [0, 0.05) is 12.7 Å². The number of likely N-dealkylation sites (tertiary alicyclic amines) is 2. The molecule has 0 aliphatic carbocycles. The predicted octanol–water partition coefficient (Wildman–Crippen LogP) is 5.45. The Morgan fingerprint density at radius 1 is 1.19 bits per heavy atom. The van der Waals surface area contributed by atoms with Gasteiger partial charge in [-0.25, -0.2) is 4.98 Å². The van der Waals surface area contributed by atoms with Gasteiger partial charge in [-0.15, -0.1) is 0 Å². The van der Waals surface area contributed by atoms with E-state index >= 15 is 0 Å². The monoisotopic (exact) mass is 433 g/mol. The molecule has 2 aliphatic heterocycles. The van der Waals surface area contributed by atoms with Gasteiger partial charge < -0.3 is 9.47 Å². The van der Waals surface area contributed by atoms with E-state index in [2.05, 4.69) is 77.7 Å². The number of fused-ring (bicyclic) bond motifs is 1. The molecule has 32 heavy (non-hydrogen) atoms. The molecule has 4 rings (SSSR count). The lowest BCUT2D eigenvalue weighted by Gasteiger charge is -2.42. The fraction of sp³-hybridized carbons (Fsp3) is 0.556. The van der Waals surface area contributed by atoms with Crippen molar-refractivity contribution in [3.63, 3.8) is 0 Å². The zero-order chi connectivity index (χ0) is 22.7. The molecule has 2 aromatic rings. The van der Waals surface area contributed by atoms with E-state index in [1.54, 1.807) is 6.20 Å². The maximum atomic E-state index is 5.23. The topological polar surface area (TPSA) is 36.7 Å². The summed E-state index contributed by atoms with van der Waals surface area (Å²) in [5.74, 6) is 1.95. The van der Waals surface area contributed by atoms with Gasteiger partial charge in [-0.3, -0.25) is 9.89 Å². The Balaban J connectivity index is 1.72. The Bertz CT molecular complexity index is 979. The number of para-hydroxylation sites is 2. The van der Waals surface area contributed by atoms with E-state index in [9.17, 15) is 0 Å². The molecule has 0 bridgehead atoms. The number of benzene rings is 1. The molecule has 5 nitrogen and oxygen atoms in total. The van der Waals surface area contributed by atoms with Gasteiger partial charge >= 0.3 is 0 Å². The van der Waals surface area contributed by atoms with Gasteiger partial charge in [0.15, 0.2) is 0 Å². The van der Waals surface area contributed by atoms with Crippen molar-refractivity contribution >= 4 is 16.7 Å². The lowest BCUT2D eigenvalue weighted by molar-refractivity contribution is 0.115. The first-order valence-corrected chi connectivity index (χ1v) is 12.3. The third-order valence-electron chi connectivity index (χ3n) is 7.37. The number of aromatic nitrogens is 2. The van der Waals surface area contributed by atoms with Crippen molar-refractivity contribution in [3.05, 3.63) is 55.0 Å². The highest BCUT2D eigenvalue weighted by Gasteiger charge is 2.36. The van der Waals surface area contributed by atoms with Crippen LogP contribution in [-0.2, 0) is 6.54 Å². The quantitative estimate of drug-likeness (QED) is 0.545. The summed E-state index contributed by atoms with van der Waals surface area (Å²) in [4.78, 5) is 14.9. The van der Waals surface area contributed by atoms with Crippen molar-refractivity contribution in [1.82, 2.24) is 19.4 Å². The molecule has 2 aliphatic rings. The number of hydrogen-bond acceptors (Lipinski definition) is 4. The van der Waals surface area contributed by atoms with Gasteiger partial charge in [-0.05, 0) is 89.3 Å². The molecule has 0 spiro atoms. The van der Waals surface area contributed by atoms with Crippen LogP contribution in [0.5, 0.6) is 0 Å². The smallest absolute Gasteiger partial charge is 0.127 e. The molecule has 5 heteroatoms. The molecule has 3 heterocycles. The predicted molar refractivity (Wildman–Crippen MR) is 135 cm³/mol. The first-order valence-electron chi connectivity index (χ1n) is 12.3. The van der Waals surface area contributed by atoms with Crippen LogP contribution in [0.2, 0.25) is 0 Å². The Hall–Kier alpha value is -2.24. The fourth-order valence-corrected chi connectivity index (χ4v) is 5.69. The third kappa shape index (κ3) is 4.60. The maximum absolute atomic E-state index is 5.23. The fourth-order valence-electron chi connectivity index (χ4n) is 5.69. The third-order valence-corrected chi connectivity index (χ3v) is 7.37. The highest BCUT2D eigenvalue weighted by molar-refractivity contribution is 6.03. The standard InChI is InChI=1S/C27H39N5/c1-6-28-26(20(3)4)24-13-10-14-25(31(24)7-2)27-29-22-11-8-9-12-23(22)32(27)19-21-15-17-30(5)18-16-21/h6,8-9,11-12,21,24-25H,1,3,7,10,13-19H2,2,4-5H3. The van der Waals surface area contributed by atoms with Gasteiger partial charge in [0.1, 0.15) is 5.82 Å². The van der Waals surface area contributed by atoms with Crippen molar-refractivity contribution in [1.29, 1.82) is 0 Å². The zero-order valence-electron chi connectivity index (χ0n) is 20.1. The second-order valence-electron chi connectivity index (χ2n) is 9.59. The summed E-state index contributed by atoms with van der Waals surface area (Å²) in [5.41, 5.74) is 4.51. The lowest BCUT2D eigenvalue weighted by Crippen LogP contribution is -2.47. The van der Waals surface area contributed by atoms with Gasteiger partial charge in [-0.1, -0.05) is 32.2 Å². The minimum Gasteiger partial charge on any atom is -0.326 e. The summed E-state index contributed by atoms with van der Waals surface area (Å²) in [7, 11) is 2.24. The SMILES string of the molecule is C=CN=C(C(=C)C)C1CCCC(c2nc3ccccc3n2CC2CCN(C)CC2)N1CC. The van der Waals surface area contributed by atoms with Gasteiger partial charge in [0.25, 0.3) is 0 Å². The summed E-state index contributed by atoms with van der Waals surface area (Å²) in [6.07, 6.45) is 7.61. The molecule has 2 atom stereocenters. The summed E-state index contributed by atoms with van der Waals surface area (Å²) >= 11 is 0. The Morgan fingerprint density at radius 3 is 2.62 bits per heavy atom. The minimum atomic E-state index is 0.269. The molecule has 0 radical (unpaired) electrons. The number of hydrogen-bond donors (Lipinski definition) is 0. The normalized spacial score (nSPS) is 24.2. The van der Waals surface area contributed by atoms with Crippen LogP contribution >= 0.6 is 0 Å². The van der Waals surface area contributed by atoms with Crippen molar-refractivity contribution in [2.24, 2.45) is 10.9 Å². The zero-order valence-corrected chi connectivity index (χ0v) is 20.1. The molecule has 0 N–H and O–H groups in total. The molecule has 1 aromatic heterocycles. The molecular weight excluding hydrogens is 394 g/mol. The summed E-state index contributed by atoms with van der Waals surface area (Å²) < 4.78 is 2.55. The van der Waals surface area contributed by atoms with E-state index in [1.807, 2.05) is 0 Å². The first-order chi connectivity index (χ1) is 15.5. The van der Waals surface area contributed by atoms with Crippen molar-refractivity contribution < 1.29 is 0 Å². The first kappa shape index (κ1) is 22.9. The van der Waals surface area contributed by atoms with Crippen LogP contribution in [0.4, 0.5) is 0 Å². The van der Waals surface area contributed by atoms with Gasteiger partial charge in [0.05, 0.1) is 28.8 Å². The molecule has 1 aromatic carbocycles. The molecule has 0 amide bonds. The molecule has 2 saturated heterocycles. The largest absolute Gasteiger partial charge is 0.326 e. The number of piperidine rings is 2. The van der Waals surface area contributed by atoms with Crippen LogP contribution in [0, 0.1) is 5.92 Å². The average Bonchev–Trinajstić information content (AvgIpc) is 3.16. The number of aliphatic imine (C=N–C) groups is 1. The van der Waals surface area contributed by atoms with E-state index in [4.69, 9.17) is 4.98 Å². The van der Waals surface area contributed by atoms with Crippen LogP contribution in [-0.4, -0.2) is 57.8 Å². The van der Waals surface area contributed by atoms with Gasteiger partial charge in [-0.2, -0.15) is 0 Å². The van der Waals surface area contributed by atoms with Gasteiger partial charge in [0.2, 0.25) is 0 Å². The van der Waals surface area contributed by atoms with E-state index in [0.29, 0.717) is 12.0 Å². The number of nitrogens with zero attached hydrogens (tertiary/aromatic N) is 5. The lowest BCUT2D eigenvalue weighted by atomic mass is 9.89. The Morgan fingerprint density at radius 2 is 1.94 bits per heavy atom. The van der Waals surface area contributed by atoms with Crippen LogP contribution in [0.25, 0.3) is 11.0 Å². The number of rotatable bonds is 7. The van der Waals surface area contributed by atoms with E-state index in [0.717, 1.165) is 42.7 Å². The van der Waals surface area contributed by atoms with E-state index in [-0.39, 0.29) is 6.04 Å². The highest BCUT2D eigenvalue weighted by Crippen LogP contribution is 2.37. The Labute approximate surface area is 193 Å². The Kier molecular flexibility index (Phi) is 7.27. The minimum absolute atomic E-state index is 0.269. The molecular formula is C27H39N5. The second kappa shape index (κ2) is 10.1. The summed E-state index contributed by atoms with van der Waals surface area (Å²) in [6.45, 7) is 16.8. The van der Waals surface area contributed by atoms with Crippen molar-refractivity contribution in [3.8, 4) is 0 Å². The van der Waals surface area contributed by atoms with Crippen LogP contribution in [0.1, 0.15) is 57.8 Å². The van der Waals surface area contributed by atoms with Crippen molar-refractivity contribution in [2.45, 2.75) is 64.6 Å². The van der Waals surface area contributed by atoms with E-state index < -0.39 is 0 Å². The molecule has 2 unspecified atom stereocenters. The summed E-state index contributed by atoms with van der Waals surface area (Å²) in [5, 5.41) is 0. The molecule has 0 saturated carbocycles. The number of imidazole rings is 1. The average molecular weight is 434 g/mol. The molecule has 172 valence electrons. The van der Waals surface area contributed by atoms with E-state index in [1.165, 1.54) is 43.7 Å². The van der Waals surface area contributed by atoms with Crippen LogP contribution in [0.3, 0.4) is 0 Å². The molecule has 2 fully saturated rings.